The molecule has 0 spiro atoms. The van der Waals surface area contributed by atoms with E-state index >= 15 is 0 Å². The Hall–Kier alpha value is -3.80. The molecule has 3 N–H and O–H groups in total. The molecule has 1 saturated carbocycles. The molecule has 0 amide bonds. The van der Waals surface area contributed by atoms with Crippen LogP contribution >= 0.6 is 0 Å². The monoisotopic (exact) mass is 531 g/mol. The molecule has 3 heterocycles. The second-order valence-electron chi connectivity index (χ2n) is 9.58. The van der Waals surface area contributed by atoms with Gasteiger partial charge in [-0.3, -0.25) is 0 Å². The van der Waals surface area contributed by atoms with Crippen molar-refractivity contribution in [2.24, 2.45) is 10.9 Å². The zero-order valence-corrected chi connectivity index (χ0v) is 20.7. The van der Waals surface area contributed by atoms with Crippen LogP contribution in [0, 0.1) is 0 Å². The fourth-order valence-corrected chi connectivity index (χ4v) is 4.80. The van der Waals surface area contributed by atoms with E-state index < -0.39 is 6.36 Å². The number of amidine groups is 1. The van der Waals surface area contributed by atoms with Crippen molar-refractivity contribution >= 4 is 11.7 Å². The number of benzene rings is 1. The van der Waals surface area contributed by atoms with E-state index in [0.717, 1.165) is 31.5 Å². The van der Waals surface area contributed by atoms with Crippen LogP contribution in [0.25, 0.3) is 11.3 Å². The van der Waals surface area contributed by atoms with Gasteiger partial charge in [0.05, 0.1) is 12.7 Å². The van der Waals surface area contributed by atoms with Gasteiger partial charge in [-0.2, -0.15) is 0 Å². The van der Waals surface area contributed by atoms with E-state index in [1.807, 2.05) is 6.07 Å². The average Bonchev–Trinajstić information content (AvgIpc) is 3.66. The highest BCUT2D eigenvalue weighted by atomic mass is 19.4. The molecule has 2 aliphatic rings. The molecule has 38 heavy (non-hydrogen) atoms. The van der Waals surface area contributed by atoms with Crippen LogP contribution in [0.1, 0.15) is 55.4 Å². The zero-order chi connectivity index (χ0) is 26.9. The Kier molecular flexibility index (Phi) is 7.15. The van der Waals surface area contributed by atoms with Gasteiger partial charge in [0.25, 0.3) is 0 Å². The number of para-hydroxylation sites is 1. The fourth-order valence-electron chi connectivity index (χ4n) is 4.80. The van der Waals surface area contributed by atoms with Gasteiger partial charge in [0, 0.05) is 41.4 Å². The Morgan fingerprint density at radius 3 is 2.66 bits per heavy atom. The van der Waals surface area contributed by atoms with Crippen molar-refractivity contribution in [3.8, 4) is 17.0 Å². The number of nitrogens with two attached hydrogens (primary N) is 1. The number of alkyl halides is 3. The quantitative estimate of drug-likeness (QED) is 0.177. The van der Waals surface area contributed by atoms with Crippen LogP contribution in [0.4, 0.5) is 19.0 Å². The molecule has 2 fully saturated rings. The molecule has 9 nitrogen and oxygen atoms in total. The molecule has 3 aromatic rings. The zero-order valence-electron chi connectivity index (χ0n) is 20.7. The molecule has 12 heteroatoms. The van der Waals surface area contributed by atoms with E-state index in [1.165, 1.54) is 18.2 Å². The lowest BCUT2D eigenvalue weighted by atomic mass is 10.00. The number of aromatic nitrogens is 2. The van der Waals surface area contributed by atoms with Gasteiger partial charge in [0.15, 0.2) is 5.84 Å². The van der Waals surface area contributed by atoms with Crippen LogP contribution in [-0.2, 0) is 11.3 Å². The lowest BCUT2D eigenvalue weighted by molar-refractivity contribution is -0.274. The Morgan fingerprint density at radius 2 is 2.00 bits per heavy atom. The van der Waals surface area contributed by atoms with Gasteiger partial charge in [-0.05, 0) is 56.9 Å². The summed E-state index contributed by atoms with van der Waals surface area (Å²) in [4.78, 5) is 6.62. The summed E-state index contributed by atoms with van der Waals surface area (Å²) < 4.78 is 55.2. The summed E-state index contributed by atoms with van der Waals surface area (Å²) in [6, 6.07) is 9.63. The largest absolute Gasteiger partial charge is 0.573 e. The number of anilines is 1. The van der Waals surface area contributed by atoms with E-state index in [9.17, 15) is 13.2 Å². The van der Waals surface area contributed by atoms with Crippen molar-refractivity contribution in [1.82, 2.24) is 10.1 Å². The van der Waals surface area contributed by atoms with Gasteiger partial charge in [-0.25, -0.2) is 4.98 Å². The highest BCUT2D eigenvalue weighted by molar-refractivity contribution is 5.96. The standard InChI is InChI=1S/C26H28F3N5O4/c1-15-12-18(10-11-34(15)22-9-8-17(13-31-22)25(30)32-35)36-14-20-23(33-38-24(20)16-6-7-16)19-4-2-3-5-21(19)37-26(27,28)29/h2-5,8-9,13,15-16,18,35H,6-7,10-12,14H2,1H3,(H2,30,32)/t15-,18-/m1/s1. The average molecular weight is 532 g/mol. The Balaban J connectivity index is 1.29. The van der Waals surface area contributed by atoms with Gasteiger partial charge < -0.3 is 29.8 Å². The molecule has 0 radical (unpaired) electrons. The van der Waals surface area contributed by atoms with Crippen molar-refractivity contribution in [1.29, 1.82) is 0 Å². The second kappa shape index (κ2) is 10.5. The lowest BCUT2D eigenvalue weighted by Gasteiger charge is -2.38. The predicted molar refractivity (Wildman–Crippen MR) is 132 cm³/mol. The minimum atomic E-state index is -4.83. The van der Waals surface area contributed by atoms with Gasteiger partial charge in [0.2, 0.25) is 0 Å². The number of piperidine rings is 1. The molecular formula is C26H28F3N5O4. The molecule has 5 rings (SSSR count). The number of oxime groups is 1. The normalized spacial score (nSPS) is 20.5. The number of ether oxygens (including phenoxy) is 2. The molecule has 0 bridgehead atoms. The molecule has 1 saturated heterocycles. The maximum absolute atomic E-state index is 13.0. The molecule has 1 aromatic carbocycles. The van der Waals surface area contributed by atoms with Crippen molar-refractivity contribution in [2.75, 3.05) is 11.4 Å². The van der Waals surface area contributed by atoms with Gasteiger partial charge >= 0.3 is 6.36 Å². The summed E-state index contributed by atoms with van der Waals surface area (Å²) in [6.45, 7) is 2.96. The first kappa shape index (κ1) is 25.8. The molecule has 2 atom stereocenters. The Labute approximate surface area is 217 Å². The summed E-state index contributed by atoms with van der Waals surface area (Å²) >= 11 is 0. The van der Waals surface area contributed by atoms with Crippen LogP contribution in [0.2, 0.25) is 0 Å². The maximum atomic E-state index is 13.0. The number of nitrogens with zero attached hydrogens (tertiary/aromatic N) is 4. The third-order valence-corrected chi connectivity index (χ3v) is 6.87. The molecular weight excluding hydrogens is 503 g/mol. The van der Waals surface area contributed by atoms with Crippen LogP contribution in [0.15, 0.2) is 52.3 Å². The summed E-state index contributed by atoms with van der Waals surface area (Å²) in [5.74, 6) is 1.32. The summed E-state index contributed by atoms with van der Waals surface area (Å²) in [5, 5.41) is 16.0. The van der Waals surface area contributed by atoms with E-state index in [2.05, 4.69) is 31.9 Å². The minimum absolute atomic E-state index is 0.00419. The third-order valence-electron chi connectivity index (χ3n) is 6.87. The smallest absolute Gasteiger partial charge is 0.409 e. The van der Waals surface area contributed by atoms with Gasteiger partial charge in [-0.15, -0.1) is 13.2 Å². The number of hydrogen-bond acceptors (Lipinski definition) is 8. The first-order valence-corrected chi connectivity index (χ1v) is 12.4. The van der Waals surface area contributed by atoms with Gasteiger partial charge in [0.1, 0.15) is 23.0 Å². The lowest BCUT2D eigenvalue weighted by Crippen LogP contribution is -2.44. The number of hydrogen-bond donors (Lipinski definition) is 2. The maximum Gasteiger partial charge on any atom is 0.573 e. The molecule has 0 unspecified atom stereocenters. The number of halogens is 3. The first-order valence-electron chi connectivity index (χ1n) is 12.4. The molecule has 1 aliphatic carbocycles. The number of rotatable bonds is 8. The highest BCUT2D eigenvalue weighted by Crippen LogP contribution is 2.46. The molecule has 202 valence electrons. The Morgan fingerprint density at radius 1 is 1.21 bits per heavy atom. The topological polar surface area (TPSA) is 119 Å². The Bertz CT molecular complexity index is 1290. The fraction of sp³-hybridized carbons (Fsp3) is 0.423. The van der Waals surface area contributed by atoms with Crippen LogP contribution < -0.4 is 15.4 Å². The second-order valence-corrected chi connectivity index (χ2v) is 9.58. The summed E-state index contributed by atoms with van der Waals surface area (Å²) in [7, 11) is 0. The number of pyridine rings is 1. The van der Waals surface area contributed by atoms with Crippen molar-refractivity contribution < 1.29 is 32.4 Å². The summed E-state index contributed by atoms with van der Waals surface area (Å²) in [6.07, 6.45) is 0.0340. The van der Waals surface area contributed by atoms with Crippen molar-refractivity contribution in [3.05, 3.63) is 59.5 Å². The molecule has 1 aliphatic heterocycles. The van der Waals surface area contributed by atoms with Crippen LogP contribution in [0.5, 0.6) is 5.75 Å². The summed E-state index contributed by atoms with van der Waals surface area (Å²) in [5.41, 5.74) is 7.34. The van der Waals surface area contributed by atoms with E-state index in [1.54, 1.807) is 18.3 Å². The van der Waals surface area contributed by atoms with E-state index in [4.69, 9.17) is 20.2 Å². The highest BCUT2D eigenvalue weighted by Gasteiger charge is 2.36. The van der Waals surface area contributed by atoms with Crippen LogP contribution in [0.3, 0.4) is 0 Å². The van der Waals surface area contributed by atoms with Crippen molar-refractivity contribution in [3.63, 3.8) is 0 Å². The SMILES string of the molecule is C[C@@H]1C[C@H](OCc2c(-c3ccccc3OC(F)(F)F)noc2C2CC2)CCN1c1ccc(C(N)=NO)cn1. The van der Waals surface area contributed by atoms with Crippen molar-refractivity contribution in [2.45, 2.75) is 63.6 Å². The third kappa shape index (κ3) is 5.69. The predicted octanol–water partition coefficient (Wildman–Crippen LogP) is 5.18. The van der Waals surface area contributed by atoms with Gasteiger partial charge in [-0.1, -0.05) is 22.4 Å². The van der Waals surface area contributed by atoms with Crippen LogP contribution in [-0.4, -0.2) is 46.2 Å². The minimum Gasteiger partial charge on any atom is -0.409 e. The van der Waals surface area contributed by atoms with E-state index in [0.29, 0.717) is 29.1 Å². The molecule has 2 aromatic heterocycles. The first-order chi connectivity index (χ1) is 18.2. The van der Waals surface area contributed by atoms with E-state index in [-0.39, 0.29) is 41.8 Å².